The summed E-state index contributed by atoms with van der Waals surface area (Å²) >= 11 is 2.18. The smallest absolute Gasteiger partial charge is 0.386 e. The SMILES string of the molecule is CC(C)C(=O)SCCNC(=O)CCNC(=O)C(O)C(C)(C)COP(=O)(O)OP(=O)(O)OC[C@H]1O[C@@H](n2cnc3c(N)ncnc32)[C@H](O)[C@@H]1OP(=O)(O)O.CCC(C)C(=O)SCCNC(=O)CCNC(=O)C(O)C(C)(C)COP(=O)(O)OP(=O)(O)OC[C@H]1O[C@@H](n2cnc3c(N)ncnc32)[C@H](O)[C@@H]1OP(=O)(O)O. The third-order valence-electron chi connectivity index (χ3n) is 15.0. The number of phosphoric ester groups is 6. The molecule has 4 aromatic rings. The molecule has 4 amide bonds. The molecule has 6 rings (SSSR count). The number of anilines is 2. The highest BCUT2D eigenvalue weighted by molar-refractivity contribution is 8.13. The molecular formula is C51H86N14O34P6S2. The number of aliphatic hydroxyl groups excluding tert-OH is 4. The van der Waals surface area contributed by atoms with Crippen molar-refractivity contribution in [2.24, 2.45) is 22.7 Å². The Kier molecular flexibility index (Phi) is 34.3. The number of hydrogen-bond acceptors (Lipinski definition) is 36. The van der Waals surface area contributed by atoms with Gasteiger partial charge >= 0.3 is 46.9 Å². The van der Waals surface area contributed by atoms with Crippen molar-refractivity contribution in [3.63, 3.8) is 0 Å². The quantitative estimate of drug-likeness (QED) is 0.0188. The Hall–Kier alpha value is -4.88. The maximum Gasteiger partial charge on any atom is 0.481 e. The standard InChI is InChI=1S/C26H44N7O17P3S.C25H42N7O17P3S/c1-5-14(2)25(38)54-9-8-28-16(34)6-7-29-23(37)20(36)26(3,4)11-47-53(44,45)50-52(42,43)46-10-15-19(49-51(39,40)41)18(35)24(48-15)33-13-32-17-21(27)30-12-31-22(17)33;1-13(2)24(37)53-8-7-27-15(33)5-6-28-22(36)19(35)25(3,4)10-46-52(43,44)49-51(41,42)45-9-14-18(48-50(38,39)40)17(34)23(47-14)32-12-31-16-20(26)29-11-30-21(16)32/h12-15,18-20,24,35-36H,5-11H2,1-4H3,(H,28,34)(H,29,37)(H,42,43)(H,44,45)(H2,27,30,31)(H2,39,40,41);11-14,17-19,23,34-35H,5-10H2,1-4H3,(H,27,33)(H,28,36)(H,41,42)(H,43,44)(H2,26,29,30)(H2,38,39,40)/t14?,15-,18-,19-,20?,24-;14-,17-,18-,19?,23-/m11/s1. The van der Waals surface area contributed by atoms with Gasteiger partial charge in [-0.2, -0.15) is 8.62 Å². The number of fused-ring (bicyclic) bond motifs is 2. The molecule has 20 N–H and O–H groups in total. The minimum atomic E-state index is -5.56. The van der Waals surface area contributed by atoms with Crippen LogP contribution in [0.15, 0.2) is 25.3 Å². The predicted octanol–water partition coefficient (Wildman–Crippen LogP) is -0.968. The first-order valence-electron chi connectivity index (χ1n) is 31.5. The lowest BCUT2D eigenvalue weighted by atomic mass is 9.87. The number of nitrogens with zero attached hydrogens (tertiary/aromatic N) is 8. The molecule has 6 heterocycles. The van der Waals surface area contributed by atoms with Gasteiger partial charge in [0.2, 0.25) is 23.6 Å². The van der Waals surface area contributed by atoms with E-state index in [2.05, 4.69) is 68.8 Å². The minimum Gasteiger partial charge on any atom is -0.386 e. The Labute approximate surface area is 616 Å². The summed E-state index contributed by atoms with van der Waals surface area (Å²) in [7, 11) is -32.7. The molecule has 2 saturated heterocycles. The van der Waals surface area contributed by atoms with Crippen molar-refractivity contribution in [3.05, 3.63) is 25.3 Å². The molecule has 15 atom stereocenters. The Morgan fingerprint density at radius 2 is 0.907 bits per heavy atom. The molecule has 606 valence electrons. The van der Waals surface area contributed by atoms with E-state index in [4.69, 9.17) is 39.0 Å². The van der Waals surface area contributed by atoms with Crippen LogP contribution in [0.4, 0.5) is 11.6 Å². The number of imidazole rings is 2. The van der Waals surface area contributed by atoms with Gasteiger partial charge in [-0.25, -0.2) is 57.3 Å². The van der Waals surface area contributed by atoms with Crippen LogP contribution < -0.4 is 32.7 Å². The van der Waals surface area contributed by atoms with Crippen LogP contribution in [-0.2, 0) is 101 Å². The summed E-state index contributed by atoms with van der Waals surface area (Å²) in [5.74, 6) is -2.39. The number of thioether (sulfide) groups is 2. The number of nitrogens with two attached hydrogens (primary N) is 2. The molecule has 0 saturated carbocycles. The number of aliphatic hydroxyl groups is 4. The Bertz CT molecular complexity index is 4040. The fraction of sp³-hybridized carbons (Fsp3) is 0.686. The average molecular weight is 1690 g/mol. The fourth-order valence-corrected chi connectivity index (χ4v) is 16.3. The molecule has 7 unspecified atom stereocenters. The number of phosphoric acid groups is 6. The number of carbonyl (C=O) groups is 6. The van der Waals surface area contributed by atoms with Gasteiger partial charge in [-0.1, -0.05) is 78.9 Å². The van der Waals surface area contributed by atoms with Gasteiger partial charge in [-0.3, -0.25) is 65.0 Å². The van der Waals surface area contributed by atoms with E-state index in [0.29, 0.717) is 17.9 Å². The number of rotatable bonds is 41. The number of nitrogens with one attached hydrogen (secondary N) is 4. The largest absolute Gasteiger partial charge is 0.481 e. The van der Waals surface area contributed by atoms with Gasteiger partial charge in [0.15, 0.2) is 45.6 Å². The van der Waals surface area contributed by atoms with Crippen molar-refractivity contribution >= 4 is 138 Å². The Morgan fingerprint density at radius 1 is 0.551 bits per heavy atom. The van der Waals surface area contributed by atoms with E-state index in [1.54, 1.807) is 13.8 Å². The van der Waals surface area contributed by atoms with Crippen LogP contribution in [0, 0.1) is 22.7 Å². The zero-order valence-corrected chi connectivity index (χ0v) is 65.0. The third-order valence-corrected chi connectivity index (χ3v) is 23.4. The topological polar surface area (TPSA) is 727 Å². The number of nitrogen functional groups attached to an aromatic ring is 2. The van der Waals surface area contributed by atoms with Crippen molar-refractivity contribution in [1.29, 1.82) is 0 Å². The number of hydrogen-bond donors (Lipinski definition) is 18. The second kappa shape index (κ2) is 39.5. The Morgan fingerprint density at radius 3 is 1.25 bits per heavy atom. The monoisotopic (exact) mass is 1690 g/mol. The summed E-state index contributed by atoms with van der Waals surface area (Å²) in [5, 5.41) is 52.6. The van der Waals surface area contributed by atoms with E-state index in [1.807, 2.05) is 13.8 Å². The van der Waals surface area contributed by atoms with E-state index in [0.717, 1.165) is 58.0 Å². The van der Waals surface area contributed by atoms with Gasteiger partial charge in [-0.15, -0.1) is 0 Å². The predicted molar refractivity (Wildman–Crippen MR) is 368 cm³/mol. The molecule has 107 heavy (non-hydrogen) atoms. The second-order valence-electron chi connectivity index (χ2n) is 24.9. The summed E-state index contributed by atoms with van der Waals surface area (Å²) in [4.78, 5) is 174. The third kappa shape index (κ3) is 29.0. The van der Waals surface area contributed by atoms with Crippen LogP contribution in [0.5, 0.6) is 0 Å². The molecule has 0 spiro atoms. The van der Waals surface area contributed by atoms with E-state index < -0.39 is 169 Å². The highest BCUT2D eigenvalue weighted by Crippen LogP contribution is 2.63. The van der Waals surface area contributed by atoms with Crippen molar-refractivity contribution in [2.45, 2.75) is 136 Å². The van der Waals surface area contributed by atoms with Gasteiger partial charge in [-0.05, 0) is 6.42 Å². The van der Waals surface area contributed by atoms with E-state index >= 15 is 0 Å². The van der Waals surface area contributed by atoms with E-state index in [1.165, 1.54) is 27.7 Å². The number of aromatic nitrogens is 8. The lowest BCUT2D eigenvalue weighted by molar-refractivity contribution is -0.137. The van der Waals surface area contributed by atoms with Gasteiger partial charge in [0, 0.05) is 73.2 Å². The van der Waals surface area contributed by atoms with Crippen LogP contribution in [-0.4, -0.2) is 245 Å². The van der Waals surface area contributed by atoms with Crippen molar-refractivity contribution in [3.8, 4) is 0 Å². The second-order valence-corrected chi connectivity index (χ2v) is 35.6. The summed E-state index contributed by atoms with van der Waals surface area (Å²) < 4.78 is 124. The number of carbonyl (C=O) groups excluding carboxylic acids is 6. The zero-order valence-electron chi connectivity index (χ0n) is 58.0. The van der Waals surface area contributed by atoms with Gasteiger partial charge < -0.3 is 102 Å². The van der Waals surface area contributed by atoms with Gasteiger partial charge in [0.1, 0.15) is 72.5 Å². The molecule has 2 aliphatic heterocycles. The van der Waals surface area contributed by atoms with Crippen LogP contribution in [0.1, 0.15) is 87.1 Å². The van der Waals surface area contributed by atoms with E-state index in [-0.39, 0.29) is 95.1 Å². The maximum atomic E-state index is 12.7. The first-order chi connectivity index (χ1) is 49.4. The van der Waals surface area contributed by atoms with Crippen LogP contribution >= 0.6 is 70.5 Å². The molecule has 0 radical (unpaired) electrons. The minimum absolute atomic E-state index is 0.0173. The van der Waals surface area contributed by atoms with Crippen LogP contribution in [0.2, 0.25) is 0 Å². The first-order valence-corrected chi connectivity index (χ1v) is 42.5. The van der Waals surface area contributed by atoms with Crippen LogP contribution in [0.3, 0.4) is 0 Å². The first kappa shape index (κ1) is 92.7. The summed E-state index contributed by atoms with van der Waals surface area (Å²) in [5.41, 5.74) is 8.53. The van der Waals surface area contributed by atoms with E-state index in [9.17, 15) is 116 Å². The molecule has 0 aliphatic carbocycles. The fourth-order valence-electron chi connectivity index (χ4n) is 9.04. The van der Waals surface area contributed by atoms with Crippen molar-refractivity contribution < 1.29 is 161 Å². The lowest BCUT2D eigenvalue weighted by Crippen LogP contribution is -2.46. The molecule has 4 aromatic heterocycles. The molecule has 0 bridgehead atoms. The summed E-state index contributed by atoms with van der Waals surface area (Å²) in [6, 6.07) is 0. The number of amides is 4. The maximum absolute atomic E-state index is 12.7. The average Bonchev–Trinajstić information content (AvgIpc) is 1.62. The molecule has 48 nitrogen and oxygen atoms in total. The van der Waals surface area contributed by atoms with Crippen molar-refractivity contribution in [2.75, 3.05) is 75.6 Å². The Balaban J connectivity index is 0.000000384. The molecular weight excluding hydrogens is 1600 g/mol. The molecule has 2 fully saturated rings. The highest BCUT2D eigenvalue weighted by Gasteiger charge is 2.53. The normalized spacial score (nSPS) is 22.5. The van der Waals surface area contributed by atoms with Crippen LogP contribution in [0.25, 0.3) is 22.3 Å². The number of ether oxygens (including phenoxy) is 2. The van der Waals surface area contributed by atoms with Gasteiger partial charge in [0.25, 0.3) is 0 Å². The van der Waals surface area contributed by atoms with Crippen molar-refractivity contribution in [1.82, 2.24) is 60.3 Å². The van der Waals surface area contributed by atoms with Gasteiger partial charge in [0.05, 0.1) is 39.1 Å². The zero-order chi connectivity index (χ0) is 80.6. The summed E-state index contributed by atoms with van der Waals surface area (Å²) in [6.45, 7) is 8.26. The molecule has 56 heteroatoms. The summed E-state index contributed by atoms with van der Waals surface area (Å²) in [6.07, 6.45) is -13.1. The molecule has 0 aromatic carbocycles. The lowest BCUT2D eigenvalue weighted by Gasteiger charge is -2.30. The molecule has 2 aliphatic rings. The highest BCUT2D eigenvalue weighted by atomic mass is 32.2.